The lowest BCUT2D eigenvalue weighted by Crippen LogP contribution is -2.31. The largest absolute Gasteiger partial charge is 0.477 e. The number of rotatable bonds is 1. The molecule has 0 atom stereocenters. The number of anilines is 1. The van der Waals surface area contributed by atoms with Crippen molar-refractivity contribution in [2.75, 3.05) is 24.6 Å². The average Bonchev–Trinajstić information content (AvgIpc) is 3.10. The smallest absolute Gasteiger partial charge is 0.219 e. The minimum absolute atomic E-state index is 0.778. The van der Waals surface area contributed by atoms with Crippen molar-refractivity contribution in [3.8, 4) is 17.0 Å². The highest BCUT2D eigenvalue weighted by molar-refractivity contribution is 5.82. The number of benzene rings is 1. The second-order valence-electron chi connectivity index (χ2n) is 6.88. The Labute approximate surface area is 137 Å². The minimum Gasteiger partial charge on any atom is -0.477 e. The molecule has 3 nitrogen and oxygen atoms in total. The molecule has 5 rings (SSSR count). The monoisotopic (exact) mass is 306 g/mol. The number of hydrogen-bond acceptors (Lipinski definition) is 3. The predicted molar refractivity (Wildman–Crippen MR) is 92.3 cm³/mol. The molecule has 3 heterocycles. The molecule has 1 aliphatic carbocycles. The van der Waals surface area contributed by atoms with Gasteiger partial charge in [0, 0.05) is 30.6 Å². The molecule has 0 unspecified atom stereocenters. The molecule has 0 radical (unpaired) electrons. The number of ether oxygens (including phenoxy) is 1. The van der Waals surface area contributed by atoms with E-state index < -0.39 is 0 Å². The van der Waals surface area contributed by atoms with Crippen molar-refractivity contribution in [3.05, 3.63) is 41.0 Å². The molecule has 0 saturated carbocycles. The number of piperidine rings is 1. The fraction of sp³-hybridized carbons (Fsp3) is 0.450. The minimum atomic E-state index is 0.778. The molecule has 1 saturated heterocycles. The third-order valence-corrected chi connectivity index (χ3v) is 5.52. The summed E-state index contributed by atoms with van der Waals surface area (Å²) in [5, 5.41) is 0. The second-order valence-corrected chi connectivity index (χ2v) is 6.88. The highest BCUT2D eigenvalue weighted by Crippen LogP contribution is 2.45. The first-order valence-corrected chi connectivity index (χ1v) is 8.93. The fourth-order valence-electron chi connectivity index (χ4n) is 4.40. The van der Waals surface area contributed by atoms with Gasteiger partial charge in [0.05, 0.1) is 6.61 Å². The summed E-state index contributed by atoms with van der Waals surface area (Å²) in [6.45, 7) is 3.06. The Morgan fingerprint density at radius 3 is 2.70 bits per heavy atom. The highest BCUT2D eigenvalue weighted by atomic mass is 16.5. The molecule has 118 valence electrons. The summed E-state index contributed by atoms with van der Waals surface area (Å²) in [5.41, 5.74) is 7.14. The summed E-state index contributed by atoms with van der Waals surface area (Å²) in [7, 11) is 0. The maximum atomic E-state index is 5.87. The van der Waals surface area contributed by atoms with Gasteiger partial charge in [-0.15, -0.1) is 0 Å². The van der Waals surface area contributed by atoms with E-state index in [0.29, 0.717) is 0 Å². The van der Waals surface area contributed by atoms with E-state index in [2.05, 4.69) is 29.2 Å². The van der Waals surface area contributed by atoms with Gasteiger partial charge in [-0.3, -0.25) is 0 Å². The van der Waals surface area contributed by atoms with Crippen molar-refractivity contribution in [1.82, 2.24) is 4.98 Å². The van der Waals surface area contributed by atoms with Crippen LogP contribution in [0.2, 0.25) is 0 Å². The third kappa shape index (κ3) is 2.06. The summed E-state index contributed by atoms with van der Waals surface area (Å²) < 4.78 is 5.87. The van der Waals surface area contributed by atoms with Crippen molar-refractivity contribution in [1.29, 1.82) is 0 Å². The average molecular weight is 306 g/mol. The van der Waals surface area contributed by atoms with Crippen molar-refractivity contribution in [3.63, 3.8) is 0 Å². The van der Waals surface area contributed by atoms with Gasteiger partial charge in [-0.2, -0.15) is 4.98 Å². The van der Waals surface area contributed by atoms with Crippen LogP contribution in [0.15, 0.2) is 24.3 Å². The predicted octanol–water partition coefficient (Wildman–Crippen LogP) is 3.77. The Hall–Kier alpha value is -2.03. The SMILES string of the molecule is c1ccc2c(c1)CCc1c(N3CCCCC3)nc3c(c1-2)CCO3. The van der Waals surface area contributed by atoms with Crippen LogP contribution in [0.5, 0.6) is 5.88 Å². The standard InChI is InChI=1S/C20H22N2O/c1-4-11-22(12-5-1)19-16-9-8-14-6-2-3-7-15(14)18(16)17-10-13-23-20(17)21-19/h2-3,6-7H,1,4-5,8-13H2. The van der Waals surface area contributed by atoms with Gasteiger partial charge in [-0.1, -0.05) is 24.3 Å². The van der Waals surface area contributed by atoms with Crippen molar-refractivity contribution >= 4 is 5.82 Å². The van der Waals surface area contributed by atoms with Crippen LogP contribution >= 0.6 is 0 Å². The molecule has 3 aliphatic rings. The van der Waals surface area contributed by atoms with Gasteiger partial charge in [0.1, 0.15) is 5.82 Å². The topological polar surface area (TPSA) is 25.4 Å². The lowest BCUT2D eigenvalue weighted by Gasteiger charge is -2.32. The Balaban J connectivity index is 1.74. The normalized spacial score (nSPS) is 18.9. The Kier molecular flexibility index (Phi) is 3.07. The second kappa shape index (κ2) is 5.26. The summed E-state index contributed by atoms with van der Waals surface area (Å²) in [5.74, 6) is 2.09. The number of nitrogens with zero attached hydrogens (tertiary/aromatic N) is 2. The van der Waals surface area contributed by atoms with Crippen LogP contribution in [0.1, 0.15) is 36.0 Å². The number of aromatic nitrogens is 1. The summed E-state index contributed by atoms with van der Waals surface area (Å²) in [4.78, 5) is 7.47. The molecule has 0 bridgehead atoms. The van der Waals surface area contributed by atoms with Crippen molar-refractivity contribution in [2.45, 2.75) is 38.5 Å². The fourth-order valence-corrected chi connectivity index (χ4v) is 4.40. The van der Waals surface area contributed by atoms with E-state index >= 15 is 0 Å². The van der Waals surface area contributed by atoms with Crippen LogP contribution in [0.25, 0.3) is 11.1 Å². The lowest BCUT2D eigenvalue weighted by molar-refractivity contribution is 0.344. The van der Waals surface area contributed by atoms with Crippen LogP contribution in [0, 0.1) is 0 Å². The summed E-state index contributed by atoms with van der Waals surface area (Å²) >= 11 is 0. The maximum Gasteiger partial charge on any atom is 0.219 e. The molecule has 2 aromatic rings. The van der Waals surface area contributed by atoms with Crippen molar-refractivity contribution in [2.24, 2.45) is 0 Å². The van der Waals surface area contributed by atoms with Crippen LogP contribution in [-0.4, -0.2) is 24.7 Å². The van der Waals surface area contributed by atoms with Crippen LogP contribution < -0.4 is 9.64 Å². The number of pyridine rings is 1. The number of hydrogen-bond donors (Lipinski definition) is 0. The van der Waals surface area contributed by atoms with Gasteiger partial charge in [0.25, 0.3) is 0 Å². The Morgan fingerprint density at radius 2 is 1.78 bits per heavy atom. The molecule has 23 heavy (non-hydrogen) atoms. The molecule has 0 N–H and O–H groups in total. The first kappa shape index (κ1) is 13.4. The number of aryl methyl sites for hydroxylation is 1. The lowest BCUT2D eigenvalue weighted by atomic mass is 9.83. The van der Waals surface area contributed by atoms with E-state index in [1.54, 1.807) is 0 Å². The molecule has 0 amide bonds. The molecule has 1 fully saturated rings. The van der Waals surface area contributed by atoms with E-state index in [-0.39, 0.29) is 0 Å². The quantitative estimate of drug-likeness (QED) is 0.802. The Morgan fingerprint density at radius 1 is 0.913 bits per heavy atom. The van der Waals surface area contributed by atoms with Crippen LogP contribution in [0.4, 0.5) is 5.82 Å². The summed E-state index contributed by atoms with van der Waals surface area (Å²) in [6.07, 6.45) is 7.15. The first-order valence-electron chi connectivity index (χ1n) is 8.93. The molecular formula is C20H22N2O. The first-order chi connectivity index (χ1) is 11.4. The van der Waals surface area contributed by atoms with Crippen LogP contribution in [0.3, 0.4) is 0 Å². The van der Waals surface area contributed by atoms with Gasteiger partial charge in [-0.25, -0.2) is 0 Å². The molecule has 1 aromatic heterocycles. The van der Waals surface area contributed by atoms with Gasteiger partial charge in [0.2, 0.25) is 5.88 Å². The van der Waals surface area contributed by atoms with Crippen LogP contribution in [-0.2, 0) is 19.3 Å². The maximum absolute atomic E-state index is 5.87. The molecule has 0 spiro atoms. The zero-order valence-electron chi connectivity index (χ0n) is 13.5. The van der Waals surface area contributed by atoms with E-state index in [1.807, 2.05) is 0 Å². The molecule has 1 aromatic carbocycles. The third-order valence-electron chi connectivity index (χ3n) is 5.52. The van der Waals surface area contributed by atoms with Gasteiger partial charge >= 0.3 is 0 Å². The van der Waals surface area contributed by atoms with Crippen molar-refractivity contribution < 1.29 is 4.74 Å². The molecule has 3 heteroatoms. The highest BCUT2D eigenvalue weighted by Gasteiger charge is 2.30. The van der Waals surface area contributed by atoms with Gasteiger partial charge in [0.15, 0.2) is 0 Å². The zero-order chi connectivity index (χ0) is 15.2. The summed E-state index contributed by atoms with van der Waals surface area (Å²) in [6, 6.07) is 8.89. The van der Waals surface area contributed by atoms with E-state index in [4.69, 9.17) is 9.72 Å². The van der Waals surface area contributed by atoms with E-state index in [1.165, 1.54) is 52.9 Å². The number of fused-ring (bicyclic) bond motifs is 5. The van der Waals surface area contributed by atoms with Gasteiger partial charge in [-0.05, 0) is 48.8 Å². The zero-order valence-corrected chi connectivity index (χ0v) is 13.5. The molecule has 2 aliphatic heterocycles. The Bertz CT molecular complexity index is 762. The van der Waals surface area contributed by atoms with E-state index in [0.717, 1.165) is 44.8 Å². The molecular weight excluding hydrogens is 284 g/mol. The van der Waals surface area contributed by atoms with E-state index in [9.17, 15) is 0 Å². The van der Waals surface area contributed by atoms with Gasteiger partial charge < -0.3 is 9.64 Å².